The lowest BCUT2D eigenvalue weighted by atomic mass is 10.1. The van der Waals surface area contributed by atoms with Gasteiger partial charge in [-0.15, -0.1) is 12.8 Å². The van der Waals surface area contributed by atoms with E-state index in [4.69, 9.17) is 30.6 Å². The Kier molecular flexibility index (Phi) is 19.0. The third-order valence-corrected chi connectivity index (χ3v) is 7.01. The van der Waals surface area contributed by atoms with Crippen LogP contribution in [-0.2, 0) is 4.79 Å². The fourth-order valence-electron chi connectivity index (χ4n) is 3.75. The van der Waals surface area contributed by atoms with Gasteiger partial charge in [0.15, 0.2) is 17.3 Å². The van der Waals surface area contributed by atoms with E-state index in [2.05, 4.69) is 67.7 Å². The van der Waals surface area contributed by atoms with E-state index in [9.17, 15) is 18.0 Å². The van der Waals surface area contributed by atoms with Crippen molar-refractivity contribution in [1.82, 2.24) is 0 Å². The first-order chi connectivity index (χ1) is 26.5. The molecule has 0 heterocycles. The third-order valence-electron chi connectivity index (χ3n) is 6.52. The second kappa shape index (κ2) is 23.9. The fraction of sp³-hybridized carbons (Fsp3) is 0.0217. The minimum Gasteiger partial charge on any atom is -0.408 e. The summed E-state index contributed by atoms with van der Waals surface area (Å²) in [6, 6.07) is 29.0. The van der Waals surface area contributed by atoms with Gasteiger partial charge in [-0.3, -0.25) is 4.79 Å². The highest BCUT2D eigenvalue weighted by Crippen LogP contribution is 2.20. The van der Waals surface area contributed by atoms with E-state index in [1.165, 1.54) is 48.6 Å². The summed E-state index contributed by atoms with van der Waals surface area (Å²) in [5, 5.41) is 8.73. The van der Waals surface area contributed by atoms with Crippen LogP contribution in [0.3, 0.4) is 0 Å². The molecule has 0 amide bonds. The topological polar surface area (TPSA) is 80.5 Å². The molecule has 0 unspecified atom stereocenters. The van der Waals surface area contributed by atoms with Crippen LogP contribution in [0.1, 0.15) is 45.9 Å². The van der Waals surface area contributed by atoms with Gasteiger partial charge in [-0.1, -0.05) is 76.2 Å². The molecule has 0 saturated heterocycles. The molecule has 0 aliphatic rings. The van der Waals surface area contributed by atoms with Crippen LogP contribution in [0.2, 0.25) is 0 Å². The van der Waals surface area contributed by atoms with Gasteiger partial charge < -0.3 is 4.84 Å². The maximum atomic E-state index is 13.6. The summed E-state index contributed by atoms with van der Waals surface area (Å²) in [5.41, 5.74) is 4.08. The molecule has 5 rings (SSSR count). The molecule has 0 fully saturated rings. The Morgan fingerprint density at radius 2 is 1.24 bits per heavy atom. The SMILES string of the molecule is C#Cc1ccc(C#C)cc1.C=CC(=O)C=CC.NOc1ccc(Br)cc1F.[C-]#[N+]c1ccc(C#Cc2ccc(C#Cc3ccc(C#N)c(F)c3)cc2)cc1F. The highest BCUT2D eigenvalue weighted by molar-refractivity contribution is 9.10. The average molecular weight is 793 g/mol. The van der Waals surface area contributed by atoms with E-state index in [0.29, 0.717) is 15.6 Å². The third kappa shape index (κ3) is 15.7. The lowest BCUT2D eigenvalue weighted by molar-refractivity contribution is -0.110. The Bertz CT molecular complexity index is 2330. The van der Waals surface area contributed by atoms with Crippen molar-refractivity contribution in [2.45, 2.75) is 6.92 Å². The number of nitriles is 1. The van der Waals surface area contributed by atoms with E-state index in [0.717, 1.165) is 22.3 Å². The molecule has 5 aromatic carbocycles. The van der Waals surface area contributed by atoms with Crippen molar-refractivity contribution in [3.63, 3.8) is 0 Å². The van der Waals surface area contributed by atoms with Crippen LogP contribution in [0.4, 0.5) is 18.9 Å². The van der Waals surface area contributed by atoms with Crippen molar-refractivity contribution >= 4 is 27.4 Å². The van der Waals surface area contributed by atoms with Crippen LogP contribution in [0.25, 0.3) is 4.85 Å². The lowest BCUT2D eigenvalue weighted by Gasteiger charge is -1.98. The summed E-state index contributed by atoms with van der Waals surface area (Å²) in [6.07, 6.45) is 14.7. The molecule has 5 aromatic rings. The van der Waals surface area contributed by atoms with Crippen molar-refractivity contribution in [2.75, 3.05) is 0 Å². The number of nitrogens with two attached hydrogens (primary N) is 1. The molecule has 0 spiro atoms. The Balaban J connectivity index is 0.000000314. The lowest BCUT2D eigenvalue weighted by Crippen LogP contribution is -2.03. The smallest absolute Gasteiger partial charge is 0.222 e. The molecular weight excluding hydrogens is 763 g/mol. The minimum absolute atomic E-state index is 0.0166. The van der Waals surface area contributed by atoms with Gasteiger partial charge in [0.1, 0.15) is 17.7 Å². The van der Waals surface area contributed by atoms with Crippen molar-refractivity contribution in [3.8, 4) is 60.2 Å². The van der Waals surface area contributed by atoms with E-state index in [1.807, 2.05) is 24.3 Å². The Hall–Kier alpha value is -7.50. The number of carbonyl (C=O) groups is 1. The summed E-state index contributed by atoms with van der Waals surface area (Å²) in [4.78, 5) is 17.5. The van der Waals surface area contributed by atoms with Crippen molar-refractivity contribution in [2.24, 2.45) is 5.90 Å². The number of halogens is 4. The Morgan fingerprint density at radius 3 is 1.62 bits per heavy atom. The van der Waals surface area contributed by atoms with Gasteiger partial charge in [-0.25, -0.2) is 18.0 Å². The molecule has 2 N–H and O–H groups in total. The summed E-state index contributed by atoms with van der Waals surface area (Å²) >= 11 is 3.09. The molecule has 0 aromatic heterocycles. The quantitative estimate of drug-likeness (QED) is 0.0854. The van der Waals surface area contributed by atoms with E-state index in [1.54, 1.807) is 61.5 Å². The number of hydrogen-bond donors (Lipinski definition) is 1. The van der Waals surface area contributed by atoms with Gasteiger partial charge in [0.05, 0.1) is 12.1 Å². The maximum absolute atomic E-state index is 13.6. The van der Waals surface area contributed by atoms with Crippen molar-refractivity contribution in [3.05, 3.63) is 200 Å². The van der Waals surface area contributed by atoms with E-state index < -0.39 is 17.5 Å². The second-order valence-electron chi connectivity index (χ2n) is 10.3. The van der Waals surface area contributed by atoms with Crippen LogP contribution in [0, 0.1) is 83.7 Å². The molecule has 0 aliphatic heterocycles. The number of allylic oxidation sites excluding steroid dienone is 3. The highest BCUT2D eigenvalue weighted by atomic mass is 79.9. The summed E-state index contributed by atoms with van der Waals surface area (Å²) < 4.78 is 40.4. The molecule has 0 atom stereocenters. The van der Waals surface area contributed by atoms with Crippen molar-refractivity contribution < 1.29 is 22.8 Å². The molecule has 268 valence electrons. The van der Waals surface area contributed by atoms with Crippen LogP contribution in [-0.4, -0.2) is 5.78 Å². The van der Waals surface area contributed by atoms with Gasteiger partial charge in [0.25, 0.3) is 0 Å². The predicted octanol–water partition coefficient (Wildman–Crippen LogP) is 9.99. The monoisotopic (exact) mass is 791 g/mol. The van der Waals surface area contributed by atoms with Gasteiger partial charge in [-0.2, -0.15) is 11.2 Å². The van der Waals surface area contributed by atoms with Gasteiger partial charge in [0.2, 0.25) is 5.69 Å². The Morgan fingerprint density at radius 1 is 0.764 bits per heavy atom. The normalized spacial score (nSPS) is 8.98. The van der Waals surface area contributed by atoms with Gasteiger partial charge >= 0.3 is 0 Å². The predicted molar refractivity (Wildman–Crippen MR) is 213 cm³/mol. The van der Waals surface area contributed by atoms with Gasteiger partial charge in [-0.05, 0) is 110 Å². The summed E-state index contributed by atoms with van der Waals surface area (Å²) in [5.74, 6) is 19.6. The van der Waals surface area contributed by atoms with Crippen LogP contribution in [0.5, 0.6) is 5.75 Å². The van der Waals surface area contributed by atoms with Crippen LogP contribution < -0.4 is 10.7 Å². The van der Waals surface area contributed by atoms with E-state index in [-0.39, 0.29) is 22.8 Å². The number of terminal acetylenes is 2. The molecular formula is C46H29BrF3N3O2. The highest BCUT2D eigenvalue weighted by Gasteiger charge is 2.03. The van der Waals surface area contributed by atoms with E-state index >= 15 is 0 Å². The summed E-state index contributed by atoms with van der Waals surface area (Å²) in [6.45, 7) is 11.9. The zero-order valence-corrected chi connectivity index (χ0v) is 30.8. The number of ketones is 1. The molecule has 5 nitrogen and oxygen atoms in total. The number of hydrogen-bond acceptors (Lipinski definition) is 4. The van der Waals surface area contributed by atoms with Crippen LogP contribution in [0.15, 0.2) is 132 Å². The first-order valence-corrected chi connectivity index (χ1v) is 16.4. The van der Waals surface area contributed by atoms with Gasteiger partial charge in [0, 0.05) is 37.9 Å². The average Bonchev–Trinajstić information content (AvgIpc) is 3.20. The molecule has 0 bridgehead atoms. The number of rotatable bonds is 3. The molecule has 0 aliphatic carbocycles. The number of carbonyl (C=O) groups excluding carboxylic acids is 1. The largest absolute Gasteiger partial charge is 0.408 e. The maximum Gasteiger partial charge on any atom is 0.222 e. The Labute approximate surface area is 327 Å². The fourth-order valence-corrected chi connectivity index (χ4v) is 4.08. The zero-order valence-electron chi connectivity index (χ0n) is 29.2. The first kappa shape index (κ1) is 43.7. The summed E-state index contributed by atoms with van der Waals surface area (Å²) in [7, 11) is 0. The first-order valence-electron chi connectivity index (χ1n) is 15.7. The molecule has 0 radical (unpaired) electrons. The standard InChI is InChI=1S/C24H10F2N2.C10H6.C6H5BrFNO.C6H8O/c1-28-24-13-11-20(15-23(24)26)9-7-18-4-2-17(3-5-18)6-8-19-10-12-21(16-27)22(25)14-19;1-3-9-5-7-10(4-2)8-6-9;7-4-1-2-6(10-9)5(8)3-4;1-3-5-6(7)4-2/h2-5,10-15H;1-2,5-8H;1-3H,9H2;3-5H,2H2,1H3. The minimum atomic E-state index is -0.596. The molecule has 55 heavy (non-hydrogen) atoms. The second-order valence-corrected chi connectivity index (χ2v) is 11.2. The zero-order chi connectivity index (χ0) is 40.6. The molecule has 9 heteroatoms. The molecule has 0 saturated carbocycles. The number of benzene rings is 5. The van der Waals surface area contributed by atoms with Crippen LogP contribution >= 0.6 is 15.9 Å². The number of nitrogens with zero attached hydrogens (tertiary/aromatic N) is 2. The van der Waals surface area contributed by atoms with Crippen molar-refractivity contribution in [1.29, 1.82) is 5.26 Å².